The number of nitrogens with zero attached hydrogens (tertiary/aromatic N) is 1. The van der Waals surface area contributed by atoms with E-state index in [1.54, 1.807) is 18.2 Å². The van der Waals surface area contributed by atoms with Crippen LogP contribution in [0.25, 0.3) is 0 Å². The van der Waals surface area contributed by atoms with E-state index in [9.17, 15) is 23.5 Å². The number of hydrogen-bond donors (Lipinski definition) is 2. The number of carbonyl (C=O) groups is 2. The molecular weight excluding hydrogens is 484 g/mol. The fourth-order valence-corrected chi connectivity index (χ4v) is 5.42. The number of halogens is 2. The molecule has 2 aromatic rings. The van der Waals surface area contributed by atoms with Gasteiger partial charge in [0.25, 0.3) is 5.91 Å². The quantitative estimate of drug-likeness (QED) is 0.238. The SMILES string of the molecule is C[C@@H](CCCCCc1ccccc1)[C@@H](O)C=CC1CC(F)(F)C(=O)N1CCCc1ccc(C(=O)O)s1. The summed E-state index contributed by atoms with van der Waals surface area (Å²) in [6.07, 6.45) is 7.70. The molecule has 3 rings (SSSR count). The molecule has 1 fully saturated rings. The van der Waals surface area contributed by atoms with Crippen molar-refractivity contribution in [1.82, 2.24) is 4.90 Å². The minimum absolute atomic E-state index is 0.00806. The number of aromatic carboxylic acids is 1. The number of carboxylic acid groups (broad SMARTS) is 1. The average Bonchev–Trinajstić information content (AvgIpc) is 3.41. The van der Waals surface area contributed by atoms with Crippen molar-refractivity contribution in [3.8, 4) is 0 Å². The van der Waals surface area contributed by atoms with Crippen LogP contribution in [-0.4, -0.2) is 51.6 Å². The van der Waals surface area contributed by atoms with Crippen LogP contribution >= 0.6 is 11.3 Å². The monoisotopic (exact) mass is 519 g/mol. The molecule has 0 aliphatic carbocycles. The van der Waals surface area contributed by atoms with Gasteiger partial charge in [-0.25, -0.2) is 4.79 Å². The fourth-order valence-electron chi connectivity index (χ4n) is 4.53. The molecule has 1 saturated heterocycles. The molecule has 0 saturated carbocycles. The number of benzene rings is 1. The van der Waals surface area contributed by atoms with Gasteiger partial charge < -0.3 is 15.1 Å². The van der Waals surface area contributed by atoms with E-state index in [0.29, 0.717) is 12.8 Å². The third-order valence-electron chi connectivity index (χ3n) is 6.72. The lowest BCUT2D eigenvalue weighted by Crippen LogP contribution is -2.36. The number of rotatable bonds is 14. The largest absolute Gasteiger partial charge is 0.477 e. The highest BCUT2D eigenvalue weighted by Crippen LogP contribution is 2.34. The highest BCUT2D eigenvalue weighted by Gasteiger charge is 2.52. The van der Waals surface area contributed by atoms with E-state index in [4.69, 9.17) is 5.11 Å². The Kier molecular flexibility index (Phi) is 10.2. The molecule has 1 aliphatic rings. The second-order valence-corrected chi connectivity index (χ2v) is 10.8. The first kappa shape index (κ1) is 28.0. The minimum atomic E-state index is -3.41. The number of amides is 1. The Morgan fingerprint density at radius 2 is 1.89 bits per heavy atom. The summed E-state index contributed by atoms with van der Waals surface area (Å²) in [5, 5.41) is 19.6. The van der Waals surface area contributed by atoms with Gasteiger partial charge in [0.15, 0.2) is 0 Å². The molecule has 1 aromatic heterocycles. The molecule has 0 bridgehead atoms. The summed E-state index contributed by atoms with van der Waals surface area (Å²) < 4.78 is 28.3. The normalized spacial score (nSPS) is 19.2. The van der Waals surface area contributed by atoms with Crippen LogP contribution in [0.3, 0.4) is 0 Å². The number of aliphatic hydroxyl groups is 1. The number of alkyl halides is 2. The van der Waals surface area contributed by atoms with Crippen LogP contribution in [-0.2, 0) is 17.6 Å². The molecule has 0 radical (unpaired) electrons. The van der Waals surface area contributed by atoms with Crippen molar-refractivity contribution < 1.29 is 28.6 Å². The summed E-state index contributed by atoms with van der Waals surface area (Å²) in [6, 6.07) is 12.8. The summed E-state index contributed by atoms with van der Waals surface area (Å²) in [4.78, 5) is 25.5. The zero-order valence-electron chi connectivity index (χ0n) is 20.6. The molecule has 0 spiro atoms. The third kappa shape index (κ3) is 7.96. The number of aliphatic hydroxyl groups excluding tert-OH is 1. The van der Waals surface area contributed by atoms with E-state index < -0.39 is 36.4 Å². The number of carbonyl (C=O) groups excluding carboxylic acids is 1. The minimum Gasteiger partial charge on any atom is -0.477 e. The van der Waals surface area contributed by atoms with Gasteiger partial charge in [-0.15, -0.1) is 11.3 Å². The second-order valence-electron chi connectivity index (χ2n) is 9.59. The van der Waals surface area contributed by atoms with E-state index in [2.05, 4.69) is 12.1 Å². The van der Waals surface area contributed by atoms with Crippen molar-refractivity contribution in [2.45, 2.75) is 76.4 Å². The summed E-state index contributed by atoms with van der Waals surface area (Å²) in [7, 11) is 0. The van der Waals surface area contributed by atoms with E-state index >= 15 is 0 Å². The van der Waals surface area contributed by atoms with Crippen LogP contribution in [0.2, 0.25) is 0 Å². The van der Waals surface area contributed by atoms with Crippen LogP contribution in [0.15, 0.2) is 54.6 Å². The van der Waals surface area contributed by atoms with Crippen LogP contribution < -0.4 is 0 Å². The number of thiophene rings is 1. The van der Waals surface area contributed by atoms with Gasteiger partial charge >= 0.3 is 11.9 Å². The molecule has 36 heavy (non-hydrogen) atoms. The Morgan fingerprint density at radius 3 is 2.58 bits per heavy atom. The van der Waals surface area contributed by atoms with Crippen LogP contribution in [0, 0.1) is 5.92 Å². The van der Waals surface area contributed by atoms with Crippen LogP contribution in [0.5, 0.6) is 0 Å². The topological polar surface area (TPSA) is 77.8 Å². The van der Waals surface area contributed by atoms with Gasteiger partial charge in [-0.3, -0.25) is 4.79 Å². The lowest BCUT2D eigenvalue weighted by atomic mass is 9.95. The Balaban J connectivity index is 1.44. The first-order valence-corrected chi connectivity index (χ1v) is 13.4. The molecule has 5 nitrogen and oxygen atoms in total. The second kappa shape index (κ2) is 13.1. The number of likely N-dealkylation sites (tertiary alicyclic amines) is 1. The lowest BCUT2D eigenvalue weighted by Gasteiger charge is -2.22. The first-order valence-electron chi connectivity index (χ1n) is 12.6. The number of aryl methyl sites for hydroxylation is 2. The molecule has 8 heteroatoms. The predicted molar refractivity (Wildman–Crippen MR) is 138 cm³/mol. The maximum atomic E-state index is 14.2. The number of hydrogen-bond acceptors (Lipinski definition) is 4. The summed E-state index contributed by atoms with van der Waals surface area (Å²) in [5.41, 5.74) is 1.32. The van der Waals surface area contributed by atoms with Gasteiger partial charge in [-0.2, -0.15) is 8.78 Å². The summed E-state index contributed by atoms with van der Waals surface area (Å²) >= 11 is 1.15. The molecule has 3 atom stereocenters. The predicted octanol–water partition coefficient (Wildman–Crippen LogP) is 5.97. The Labute approximate surface area is 215 Å². The average molecular weight is 520 g/mol. The van der Waals surface area contributed by atoms with Crippen LogP contribution in [0.1, 0.15) is 65.6 Å². The van der Waals surface area contributed by atoms with E-state index in [-0.39, 0.29) is 17.3 Å². The van der Waals surface area contributed by atoms with Crippen molar-refractivity contribution >= 4 is 23.2 Å². The van der Waals surface area contributed by atoms with E-state index in [1.807, 2.05) is 25.1 Å². The maximum Gasteiger partial charge on any atom is 0.345 e. The van der Waals surface area contributed by atoms with Crippen molar-refractivity contribution in [3.05, 3.63) is 69.9 Å². The van der Waals surface area contributed by atoms with Crippen molar-refractivity contribution in [2.75, 3.05) is 6.54 Å². The molecule has 2 N–H and O–H groups in total. The van der Waals surface area contributed by atoms with Gasteiger partial charge in [0.2, 0.25) is 0 Å². The first-order chi connectivity index (χ1) is 17.2. The zero-order chi connectivity index (χ0) is 26.1. The number of carboxylic acids is 1. The van der Waals surface area contributed by atoms with E-state index in [1.165, 1.54) is 16.5 Å². The van der Waals surface area contributed by atoms with Gasteiger partial charge in [-0.05, 0) is 55.7 Å². The highest BCUT2D eigenvalue weighted by atomic mass is 32.1. The maximum absolute atomic E-state index is 14.2. The van der Waals surface area contributed by atoms with E-state index in [0.717, 1.165) is 48.3 Å². The van der Waals surface area contributed by atoms with Gasteiger partial charge in [0.05, 0.1) is 12.1 Å². The highest BCUT2D eigenvalue weighted by molar-refractivity contribution is 7.13. The molecule has 1 aliphatic heterocycles. The van der Waals surface area contributed by atoms with Crippen molar-refractivity contribution in [1.29, 1.82) is 0 Å². The molecular formula is C28H35F2NO4S. The Morgan fingerprint density at radius 1 is 1.14 bits per heavy atom. The third-order valence-corrected chi connectivity index (χ3v) is 7.85. The molecule has 1 amide bonds. The lowest BCUT2D eigenvalue weighted by molar-refractivity contribution is -0.148. The molecule has 1 aromatic carbocycles. The van der Waals surface area contributed by atoms with Crippen LogP contribution in [0.4, 0.5) is 8.78 Å². The van der Waals surface area contributed by atoms with Crippen molar-refractivity contribution in [2.24, 2.45) is 5.92 Å². The molecule has 1 unspecified atom stereocenters. The van der Waals surface area contributed by atoms with Gasteiger partial charge in [-0.1, -0.05) is 62.2 Å². The van der Waals surface area contributed by atoms with Crippen molar-refractivity contribution in [3.63, 3.8) is 0 Å². The zero-order valence-corrected chi connectivity index (χ0v) is 21.4. The Bertz CT molecular complexity index is 1020. The molecule has 2 heterocycles. The van der Waals surface area contributed by atoms with Gasteiger partial charge in [0, 0.05) is 17.8 Å². The summed E-state index contributed by atoms with van der Waals surface area (Å²) in [6.45, 7) is 2.10. The fraction of sp³-hybridized carbons (Fsp3) is 0.500. The number of unbranched alkanes of at least 4 members (excludes halogenated alkanes) is 2. The van der Waals surface area contributed by atoms with Gasteiger partial charge in [0.1, 0.15) is 4.88 Å². The molecule has 196 valence electrons. The summed E-state index contributed by atoms with van der Waals surface area (Å²) in [5.74, 6) is -5.60. The smallest absolute Gasteiger partial charge is 0.345 e. The standard InChI is InChI=1S/C28H35F2NO4S/c1-20(9-4-2-5-10-21-11-6-3-7-12-21)24(32)16-14-22-19-28(29,30)27(35)31(22)18-8-13-23-15-17-25(36-23)26(33)34/h3,6-7,11-12,14-17,20,22,24,32H,2,4-5,8-10,13,18-19H2,1H3,(H,33,34)/t20-,22?,24-/m0/s1. The Hall–Kier alpha value is -2.58.